The minimum absolute atomic E-state index is 0.0344. The fourth-order valence-corrected chi connectivity index (χ4v) is 2.73. The third-order valence-electron chi connectivity index (χ3n) is 4.19. The number of amides is 1. The van der Waals surface area contributed by atoms with Crippen molar-refractivity contribution in [1.82, 2.24) is 10.3 Å². The molecule has 1 amide bonds. The molecule has 0 saturated carbocycles. The molecule has 124 valence electrons. The number of Topliss-reactive ketones (excluding diaryl/α,β-unsaturated/α-hetero) is 1. The van der Waals surface area contributed by atoms with Gasteiger partial charge in [0, 0.05) is 42.5 Å². The third kappa shape index (κ3) is 3.28. The summed E-state index contributed by atoms with van der Waals surface area (Å²) in [6, 6.07) is 8.73. The van der Waals surface area contributed by atoms with Crippen LogP contribution in [0.1, 0.15) is 34.3 Å². The number of rotatable bonds is 4. The molecule has 6 nitrogen and oxygen atoms in total. The van der Waals surface area contributed by atoms with E-state index in [1.165, 1.54) is 0 Å². The van der Waals surface area contributed by atoms with Gasteiger partial charge >= 0.3 is 0 Å². The van der Waals surface area contributed by atoms with Crippen molar-refractivity contribution in [1.29, 1.82) is 0 Å². The summed E-state index contributed by atoms with van der Waals surface area (Å²) in [4.78, 5) is 28.2. The van der Waals surface area contributed by atoms with E-state index in [-0.39, 0.29) is 11.7 Å². The van der Waals surface area contributed by atoms with Gasteiger partial charge in [0.15, 0.2) is 11.9 Å². The SMILES string of the molecule is CC(C(=O)C1CNCc2ccc(C(N)=O)cc2O1)c1cccnc1. The van der Waals surface area contributed by atoms with Crippen LogP contribution in [-0.2, 0) is 11.3 Å². The number of carbonyl (C=O) groups is 2. The van der Waals surface area contributed by atoms with Gasteiger partial charge in [-0.1, -0.05) is 19.1 Å². The van der Waals surface area contributed by atoms with E-state index < -0.39 is 12.0 Å². The second-order valence-electron chi connectivity index (χ2n) is 5.83. The first-order chi connectivity index (χ1) is 11.6. The van der Waals surface area contributed by atoms with Gasteiger partial charge in [0.2, 0.25) is 5.91 Å². The minimum Gasteiger partial charge on any atom is -0.481 e. The Hall–Kier alpha value is -2.73. The highest BCUT2D eigenvalue weighted by atomic mass is 16.5. The molecule has 2 heterocycles. The topological polar surface area (TPSA) is 94.3 Å². The molecule has 0 saturated heterocycles. The van der Waals surface area contributed by atoms with Crippen LogP contribution in [0.5, 0.6) is 5.75 Å². The zero-order chi connectivity index (χ0) is 17.1. The average Bonchev–Trinajstić information content (AvgIpc) is 2.82. The van der Waals surface area contributed by atoms with Gasteiger partial charge in [0.05, 0.1) is 0 Å². The summed E-state index contributed by atoms with van der Waals surface area (Å²) in [6.45, 7) is 2.82. The van der Waals surface area contributed by atoms with Crippen molar-refractivity contribution >= 4 is 11.7 Å². The first-order valence-corrected chi connectivity index (χ1v) is 7.80. The summed E-state index contributed by atoms with van der Waals surface area (Å²) in [5, 5.41) is 3.21. The van der Waals surface area contributed by atoms with E-state index >= 15 is 0 Å². The van der Waals surface area contributed by atoms with E-state index in [2.05, 4.69) is 10.3 Å². The molecule has 1 aliphatic heterocycles. The number of ketones is 1. The van der Waals surface area contributed by atoms with Gasteiger partial charge in [-0.2, -0.15) is 0 Å². The monoisotopic (exact) mass is 325 g/mol. The summed E-state index contributed by atoms with van der Waals surface area (Å²) < 4.78 is 5.91. The number of primary amides is 1. The molecule has 2 atom stereocenters. The molecule has 0 aliphatic carbocycles. The van der Waals surface area contributed by atoms with E-state index in [1.807, 2.05) is 13.0 Å². The molecule has 2 aromatic rings. The van der Waals surface area contributed by atoms with Gasteiger partial charge in [-0.25, -0.2) is 0 Å². The molecule has 2 unspecified atom stereocenters. The number of carbonyl (C=O) groups excluding carboxylic acids is 2. The summed E-state index contributed by atoms with van der Waals surface area (Å²) in [5.41, 5.74) is 7.43. The van der Waals surface area contributed by atoms with Gasteiger partial charge in [0.1, 0.15) is 5.75 Å². The van der Waals surface area contributed by atoms with Crippen molar-refractivity contribution in [3.63, 3.8) is 0 Å². The van der Waals surface area contributed by atoms with Crippen molar-refractivity contribution in [3.05, 3.63) is 59.4 Å². The molecular formula is C18H19N3O3. The van der Waals surface area contributed by atoms with E-state index in [1.54, 1.807) is 36.7 Å². The predicted octanol–water partition coefficient (Wildman–Crippen LogP) is 1.40. The maximum Gasteiger partial charge on any atom is 0.248 e. The fraction of sp³-hybridized carbons (Fsp3) is 0.278. The molecule has 0 radical (unpaired) electrons. The smallest absolute Gasteiger partial charge is 0.248 e. The Morgan fingerprint density at radius 3 is 2.92 bits per heavy atom. The highest BCUT2D eigenvalue weighted by molar-refractivity contribution is 5.93. The van der Waals surface area contributed by atoms with Crippen molar-refractivity contribution in [2.24, 2.45) is 5.73 Å². The Labute approximate surface area is 140 Å². The van der Waals surface area contributed by atoms with Crippen LogP contribution in [0, 0.1) is 0 Å². The van der Waals surface area contributed by atoms with Gasteiger partial charge in [-0.3, -0.25) is 14.6 Å². The third-order valence-corrected chi connectivity index (χ3v) is 4.19. The van der Waals surface area contributed by atoms with E-state index in [4.69, 9.17) is 10.5 Å². The van der Waals surface area contributed by atoms with Crippen LogP contribution in [0.3, 0.4) is 0 Å². The van der Waals surface area contributed by atoms with Crippen LogP contribution in [-0.4, -0.2) is 29.3 Å². The summed E-state index contributed by atoms with van der Waals surface area (Å²) in [6.07, 6.45) is 2.72. The molecule has 1 aromatic heterocycles. The molecule has 1 aliphatic rings. The Kier molecular flexibility index (Phi) is 4.57. The highest BCUT2D eigenvalue weighted by Crippen LogP contribution is 2.26. The number of aromatic nitrogens is 1. The van der Waals surface area contributed by atoms with E-state index in [9.17, 15) is 9.59 Å². The molecular weight excluding hydrogens is 306 g/mol. The largest absolute Gasteiger partial charge is 0.481 e. The molecule has 0 fully saturated rings. The number of hydrogen-bond donors (Lipinski definition) is 2. The van der Waals surface area contributed by atoms with Crippen LogP contribution in [0.2, 0.25) is 0 Å². The second-order valence-corrected chi connectivity index (χ2v) is 5.83. The first kappa shape index (κ1) is 16.1. The van der Waals surface area contributed by atoms with E-state index in [0.29, 0.717) is 24.4 Å². The van der Waals surface area contributed by atoms with Crippen molar-refractivity contribution in [2.45, 2.75) is 25.5 Å². The van der Waals surface area contributed by atoms with Crippen LogP contribution in [0.4, 0.5) is 0 Å². The standard InChI is InChI=1S/C18H19N3O3/c1-11(13-3-2-6-20-8-13)17(22)16-10-21-9-14-5-4-12(18(19)23)7-15(14)24-16/h2-8,11,16,21H,9-10H2,1H3,(H2,19,23). The van der Waals surface area contributed by atoms with Crippen LogP contribution < -0.4 is 15.8 Å². The van der Waals surface area contributed by atoms with Gasteiger partial charge in [-0.05, 0) is 23.8 Å². The van der Waals surface area contributed by atoms with Gasteiger partial charge in [-0.15, -0.1) is 0 Å². The number of hydrogen-bond acceptors (Lipinski definition) is 5. The average molecular weight is 325 g/mol. The van der Waals surface area contributed by atoms with Crippen LogP contribution in [0.15, 0.2) is 42.7 Å². The number of benzene rings is 1. The highest BCUT2D eigenvalue weighted by Gasteiger charge is 2.29. The van der Waals surface area contributed by atoms with Crippen LogP contribution in [0.25, 0.3) is 0 Å². The van der Waals surface area contributed by atoms with Crippen molar-refractivity contribution < 1.29 is 14.3 Å². The zero-order valence-electron chi connectivity index (χ0n) is 13.4. The summed E-state index contributed by atoms with van der Waals surface area (Å²) in [7, 11) is 0. The Bertz CT molecular complexity index is 761. The van der Waals surface area contributed by atoms with Crippen molar-refractivity contribution in [3.8, 4) is 5.75 Å². The number of pyridine rings is 1. The lowest BCUT2D eigenvalue weighted by Crippen LogP contribution is -2.38. The number of nitrogens with two attached hydrogens (primary N) is 1. The molecule has 6 heteroatoms. The number of nitrogens with one attached hydrogen (secondary N) is 1. The molecule has 3 N–H and O–H groups in total. The lowest BCUT2D eigenvalue weighted by Gasteiger charge is -2.20. The summed E-state index contributed by atoms with van der Waals surface area (Å²) >= 11 is 0. The number of fused-ring (bicyclic) bond motifs is 1. The first-order valence-electron chi connectivity index (χ1n) is 7.80. The molecule has 24 heavy (non-hydrogen) atoms. The molecule has 1 aromatic carbocycles. The number of ether oxygens (including phenoxy) is 1. The molecule has 0 spiro atoms. The normalized spacial score (nSPS) is 18.0. The predicted molar refractivity (Wildman–Crippen MR) is 88.7 cm³/mol. The van der Waals surface area contributed by atoms with Gasteiger partial charge in [0.25, 0.3) is 0 Å². The zero-order valence-corrected chi connectivity index (χ0v) is 13.4. The molecule has 3 rings (SSSR count). The molecule has 0 bridgehead atoms. The second kappa shape index (κ2) is 6.80. The van der Waals surface area contributed by atoms with E-state index in [0.717, 1.165) is 11.1 Å². The lowest BCUT2D eigenvalue weighted by atomic mass is 9.95. The van der Waals surface area contributed by atoms with Crippen LogP contribution >= 0.6 is 0 Å². The fourth-order valence-electron chi connectivity index (χ4n) is 2.73. The Morgan fingerprint density at radius 1 is 1.38 bits per heavy atom. The maximum atomic E-state index is 12.8. The Balaban J connectivity index is 1.83. The minimum atomic E-state index is -0.635. The Morgan fingerprint density at radius 2 is 2.21 bits per heavy atom. The lowest BCUT2D eigenvalue weighted by molar-refractivity contribution is -0.126. The van der Waals surface area contributed by atoms with Gasteiger partial charge < -0.3 is 15.8 Å². The summed E-state index contributed by atoms with van der Waals surface area (Å²) in [5.74, 6) is -0.363. The quantitative estimate of drug-likeness (QED) is 0.886. The number of nitrogens with zero attached hydrogens (tertiary/aromatic N) is 1. The van der Waals surface area contributed by atoms with Crippen molar-refractivity contribution in [2.75, 3.05) is 6.54 Å². The maximum absolute atomic E-state index is 12.8.